The van der Waals surface area contributed by atoms with Crippen molar-refractivity contribution in [3.8, 4) is 0 Å². The van der Waals surface area contributed by atoms with E-state index in [4.69, 9.17) is 15.6 Å². The molecule has 0 aliphatic carbocycles. The van der Waals surface area contributed by atoms with Gasteiger partial charge in [0.25, 0.3) is 0 Å². The molecule has 0 saturated carbocycles. The molecule has 15 heavy (non-hydrogen) atoms. The molecule has 1 unspecified atom stereocenters. The van der Waals surface area contributed by atoms with E-state index in [1.165, 1.54) is 0 Å². The first-order chi connectivity index (χ1) is 7.11. The van der Waals surface area contributed by atoms with Gasteiger partial charge in [-0.1, -0.05) is 19.8 Å². The largest absolute Gasteiger partial charge is 0.394 e. The summed E-state index contributed by atoms with van der Waals surface area (Å²) < 4.78 is 5.45. The number of hydrogen-bond donors (Lipinski definition) is 4. The number of hydrogen-bond acceptors (Lipinski definition) is 5. The van der Waals surface area contributed by atoms with Gasteiger partial charge in [0.15, 0.2) is 0 Å². The maximum Gasteiger partial charge on any atom is 0.110 e. The molecule has 0 aromatic rings. The van der Waals surface area contributed by atoms with Crippen LogP contribution in [-0.2, 0) is 4.74 Å². The molecule has 1 rings (SSSR count). The highest BCUT2D eigenvalue weighted by Gasteiger charge is 2.41. The normalized spacial score (nSPS) is 41.8. The summed E-state index contributed by atoms with van der Waals surface area (Å²) in [6.07, 6.45) is -0.380. The summed E-state index contributed by atoms with van der Waals surface area (Å²) in [6.45, 7) is 1.76. The van der Waals surface area contributed by atoms with E-state index in [9.17, 15) is 10.2 Å². The Morgan fingerprint density at radius 1 is 1.20 bits per heavy atom. The second kappa shape index (κ2) is 5.77. The number of unbranched alkanes of at least 4 members (excludes halogenated alkanes) is 1. The van der Waals surface area contributed by atoms with Crippen molar-refractivity contribution in [2.75, 3.05) is 6.61 Å². The minimum Gasteiger partial charge on any atom is -0.394 e. The maximum absolute atomic E-state index is 9.65. The number of ether oxygens (including phenoxy) is 1. The summed E-state index contributed by atoms with van der Waals surface area (Å²) in [5.41, 5.74) is 5.75. The number of aliphatic hydroxyl groups excluding tert-OH is 3. The minimum absolute atomic E-state index is 0.277. The van der Waals surface area contributed by atoms with Crippen molar-refractivity contribution in [1.82, 2.24) is 0 Å². The molecule has 1 heterocycles. The van der Waals surface area contributed by atoms with E-state index in [-0.39, 0.29) is 12.7 Å². The van der Waals surface area contributed by atoms with Gasteiger partial charge < -0.3 is 25.8 Å². The van der Waals surface area contributed by atoms with Crippen LogP contribution in [0.4, 0.5) is 0 Å². The molecule has 1 aliphatic heterocycles. The molecule has 5 atom stereocenters. The van der Waals surface area contributed by atoms with Gasteiger partial charge in [-0.15, -0.1) is 0 Å². The van der Waals surface area contributed by atoms with Crippen LogP contribution in [0.5, 0.6) is 0 Å². The maximum atomic E-state index is 9.65. The van der Waals surface area contributed by atoms with Crippen molar-refractivity contribution in [2.45, 2.75) is 56.6 Å². The molecule has 1 aliphatic rings. The molecule has 90 valence electrons. The summed E-state index contributed by atoms with van der Waals surface area (Å²) in [5, 5.41) is 28.2. The zero-order chi connectivity index (χ0) is 11.4. The summed E-state index contributed by atoms with van der Waals surface area (Å²) in [7, 11) is 0. The van der Waals surface area contributed by atoms with Crippen molar-refractivity contribution < 1.29 is 20.1 Å². The van der Waals surface area contributed by atoms with Crippen LogP contribution in [0.2, 0.25) is 0 Å². The molecule has 0 amide bonds. The lowest BCUT2D eigenvalue weighted by molar-refractivity contribution is -0.190. The average Bonchev–Trinajstić information content (AvgIpc) is 2.25. The van der Waals surface area contributed by atoms with Crippen LogP contribution in [0.25, 0.3) is 0 Å². The molecule has 0 bridgehead atoms. The third-order valence-corrected chi connectivity index (χ3v) is 2.93. The fraction of sp³-hybridized carbons (Fsp3) is 1.00. The second-order valence-electron chi connectivity index (χ2n) is 4.10. The zero-order valence-electron chi connectivity index (χ0n) is 9.04. The van der Waals surface area contributed by atoms with Gasteiger partial charge in [0.1, 0.15) is 18.3 Å². The Hall–Kier alpha value is -0.200. The van der Waals surface area contributed by atoms with E-state index in [1.54, 1.807) is 0 Å². The monoisotopic (exact) mass is 219 g/mol. The number of aliphatic hydroxyl groups is 3. The van der Waals surface area contributed by atoms with Crippen LogP contribution < -0.4 is 5.73 Å². The first-order valence-electron chi connectivity index (χ1n) is 5.49. The van der Waals surface area contributed by atoms with Gasteiger partial charge in [0.05, 0.1) is 18.8 Å². The Bertz CT molecular complexity index is 188. The van der Waals surface area contributed by atoms with Gasteiger partial charge in [-0.2, -0.15) is 0 Å². The summed E-state index contributed by atoms with van der Waals surface area (Å²) in [5.74, 6) is 0. The van der Waals surface area contributed by atoms with Crippen molar-refractivity contribution >= 4 is 0 Å². The highest BCUT2D eigenvalue weighted by atomic mass is 16.5. The Kier molecular flexibility index (Phi) is 4.95. The lowest BCUT2D eigenvalue weighted by atomic mass is 9.91. The molecule has 1 saturated heterocycles. The molecule has 0 radical (unpaired) electrons. The molecule has 0 aromatic heterocycles. The predicted molar refractivity (Wildman–Crippen MR) is 55.3 cm³/mol. The van der Waals surface area contributed by atoms with Gasteiger partial charge in [0, 0.05) is 0 Å². The summed E-state index contributed by atoms with van der Waals surface area (Å²) in [6, 6.07) is -0.575. The van der Waals surface area contributed by atoms with Crippen molar-refractivity contribution in [2.24, 2.45) is 5.73 Å². The SMILES string of the molecule is CCCCC1O[C@H](CO)[C@@H](O)[C@H](O)[C@H]1N. The van der Waals surface area contributed by atoms with Crippen LogP contribution >= 0.6 is 0 Å². The van der Waals surface area contributed by atoms with Crippen LogP contribution in [0.1, 0.15) is 26.2 Å². The standard InChI is InChI=1S/C10H21NO4/c1-2-3-4-6-8(11)10(14)9(13)7(5-12)15-6/h6-10,12-14H,2-5,11H2,1H3/t6?,7-,8+,9-,10-/m1/s1. The summed E-state index contributed by atoms with van der Waals surface area (Å²) in [4.78, 5) is 0. The molecule has 0 spiro atoms. The van der Waals surface area contributed by atoms with E-state index >= 15 is 0 Å². The molecule has 5 heteroatoms. The molecular weight excluding hydrogens is 198 g/mol. The third-order valence-electron chi connectivity index (χ3n) is 2.93. The highest BCUT2D eigenvalue weighted by Crippen LogP contribution is 2.22. The lowest BCUT2D eigenvalue weighted by Crippen LogP contribution is -2.61. The minimum atomic E-state index is -1.09. The Balaban J connectivity index is 2.57. The molecule has 5 N–H and O–H groups in total. The lowest BCUT2D eigenvalue weighted by Gasteiger charge is -2.40. The zero-order valence-corrected chi connectivity index (χ0v) is 9.04. The van der Waals surface area contributed by atoms with Crippen LogP contribution in [0, 0.1) is 0 Å². The molecular formula is C10H21NO4. The fourth-order valence-corrected chi connectivity index (χ4v) is 1.88. The third kappa shape index (κ3) is 2.89. The van der Waals surface area contributed by atoms with Gasteiger partial charge in [-0.25, -0.2) is 0 Å². The first-order valence-corrected chi connectivity index (χ1v) is 5.49. The van der Waals surface area contributed by atoms with E-state index in [2.05, 4.69) is 6.92 Å². The van der Waals surface area contributed by atoms with Gasteiger partial charge in [-0.05, 0) is 6.42 Å². The predicted octanol–water partition coefficient (Wildman–Crippen LogP) is -1.01. The highest BCUT2D eigenvalue weighted by molar-refractivity contribution is 4.94. The van der Waals surface area contributed by atoms with E-state index < -0.39 is 24.4 Å². The van der Waals surface area contributed by atoms with E-state index in [0.29, 0.717) is 0 Å². The van der Waals surface area contributed by atoms with Crippen molar-refractivity contribution in [1.29, 1.82) is 0 Å². The smallest absolute Gasteiger partial charge is 0.110 e. The van der Waals surface area contributed by atoms with Gasteiger partial charge >= 0.3 is 0 Å². The van der Waals surface area contributed by atoms with Crippen LogP contribution in [0.3, 0.4) is 0 Å². The van der Waals surface area contributed by atoms with Crippen LogP contribution in [0.15, 0.2) is 0 Å². The fourth-order valence-electron chi connectivity index (χ4n) is 1.88. The first kappa shape index (κ1) is 12.9. The second-order valence-corrected chi connectivity index (χ2v) is 4.10. The van der Waals surface area contributed by atoms with E-state index in [0.717, 1.165) is 19.3 Å². The van der Waals surface area contributed by atoms with Gasteiger partial charge in [-0.3, -0.25) is 0 Å². The molecule has 0 aromatic carbocycles. The Morgan fingerprint density at radius 2 is 1.87 bits per heavy atom. The quantitative estimate of drug-likeness (QED) is 0.485. The van der Waals surface area contributed by atoms with Gasteiger partial charge in [0.2, 0.25) is 0 Å². The topological polar surface area (TPSA) is 95.9 Å². The Labute approximate surface area is 89.9 Å². The molecule has 5 nitrogen and oxygen atoms in total. The molecule has 1 fully saturated rings. The Morgan fingerprint density at radius 3 is 2.40 bits per heavy atom. The van der Waals surface area contributed by atoms with Crippen molar-refractivity contribution in [3.05, 3.63) is 0 Å². The van der Waals surface area contributed by atoms with Crippen molar-refractivity contribution in [3.63, 3.8) is 0 Å². The summed E-state index contributed by atoms with van der Waals surface area (Å²) >= 11 is 0. The average molecular weight is 219 g/mol. The number of nitrogens with two attached hydrogens (primary N) is 1. The van der Waals surface area contributed by atoms with E-state index in [1.807, 2.05) is 0 Å². The number of rotatable bonds is 4. The van der Waals surface area contributed by atoms with Crippen LogP contribution in [-0.4, -0.2) is 52.4 Å².